The lowest BCUT2D eigenvalue weighted by atomic mass is 10.3. The highest BCUT2D eigenvalue weighted by molar-refractivity contribution is 4.53. The molecule has 0 aromatic heterocycles. The minimum atomic E-state index is 1.06. The Morgan fingerprint density at radius 1 is 0.875 bits per heavy atom. The average molecular weight is 230 g/mol. The van der Waals surface area contributed by atoms with Crippen LogP contribution in [-0.4, -0.2) is 49.8 Å². The molecule has 0 unspecified atom stereocenters. The summed E-state index contributed by atoms with van der Waals surface area (Å²) in [6, 6.07) is 0. The molecule has 98 valence electrons. The molecule has 0 radical (unpaired) electrons. The number of nitrogens with zero attached hydrogens (tertiary/aromatic N) is 2. The molecule has 0 aromatic rings. The molecule has 0 saturated heterocycles. The van der Waals surface area contributed by atoms with Crippen molar-refractivity contribution in [1.29, 1.82) is 0 Å². The lowest BCUT2D eigenvalue weighted by Crippen LogP contribution is -2.41. The van der Waals surface area contributed by atoms with Crippen molar-refractivity contribution in [3.8, 4) is 0 Å². The van der Waals surface area contributed by atoms with Crippen LogP contribution < -0.4 is 10.9 Å². The number of hydrazine groups is 2. The number of unbranched alkanes of at least 4 members (excludes halogenated alkanes) is 1. The molecular weight excluding hydrogens is 200 g/mol. The molecule has 4 heteroatoms. The molecule has 0 aromatic carbocycles. The van der Waals surface area contributed by atoms with Gasteiger partial charge >= 0.3 is 0 Å². The zero-order chi connectivity index (χ0) is 12.2. The molecule has 0 amide bonds. The molecule has 0 bridgehead atoms. The summed E-state index contributed by atoms with van der Waals surface area (Å²) in [6.07, 6.45) is 3.72. The molecule has 4 nitrogen and oxygen atoms in total. The van der Waals surface area contributed by atoms with E-state index < -0.39 is 0 Å². The normalized spacial score (nSPS) is 11.6. The quantitative estimate of drug-likeness (QED) is 0.415. The third-order valence-corrected chi connectivity index (χ3v) is 2.80. The molecule has 0 aliphatic rings. The van der Waals surface area contributed by atoms with E-state index in [0.717, 1.165) is 32.7 Å². The Balaban J connectivity index is 3.46. The summed E-state index contributed by atoms with van der Waals surface area (Å²) in [6.45, 7) is 12.1. The fraction of sp³-hybridized carbons (Fsp3) is 1.00. The van der Waals surface area contributed by atoms with Gasteiger partial charge in [0.2, 0.25) is 0 Å². The first-order chi connectivity index (χ1) is 7.78. The Kier molecular flexibility index (Phi) is 11.2. The second kappa shape index (κ2) is 11.3. The zero-order valence-corrected chi connectivity index (χ0v) is 11.6. The first-order valence-corrected chi connectivity index (χ1v) is 6.69. The second-order valence-corrected chi connectivity index (χ2v) is 4.00. The number of nitrogens with one attached hydrogen (secondary N) is 2. The van der Waals surface area contributed by atoms with Gasteiger partial charge in [0.1, 0.15) is 0 Å². The second-order valence-electron chi connectivity index (χ2n) is 4.00. The number of rotatable bonds is 11. The summed E-state index contributed by atoms with van der Waals surface area (Å²) in [5.41, 5.74) is 6.67. The van der Waals surface area contributed by atoms with E-state index >= 15 is 0 Å². The van der Waals surface area contributed by atoms with Gasteiger partial charge in [-0.3, -0.25) is 10.9 Å². The van der Waals surface area contributed by atoms with Gasteiger partial charge in [-0.15, -0.1) is 0 Å². The summed E-state index contributed by atoms with van der Waals surface area (Å²) in [5, 5.41) is 4.54. The highest BCUT2D eigenvalue weighted by Crippen LogP contribution is 1.92. The van der Waals surface area contributed by atoms with Crippen LogP contribution in [-0.2, 0) is 0 Å². The predicted molar refractivity (Wildman–Crippen MR) is 71.1 cm³/mol. The lowest BCUT2D eigenvalue weighted by Gasteiger charge is -2.23. The molecule has 0 spiro atoms. The van der Waals surface area contributed by atoms with E-state index in [-0.39, 0.29) is 0 Å². The minimum absolute atomic E-state index is 1.06. The van der Waals surface area contributed by atoms with Crippen LogP contribution in [0.25, 0.3) is 0 Å². The molecule has 0 heterocycles. The zero-order valence-electron chi connectivity index (χ0n) is 11.6. The third-order valence-electron chi connectivity index (χ3n) is 2.80. The van der Waals surface area contributed by atoms with Crippen LogP contribution in [0.4, 0.5) is 0 Å². The molecule has 0 aliphatic carbocycles. The SMILES string of the molecule is CCCCN(CC)NCCCN(CC)NC. The Hall–Kier alpha value is -0.160. The third kappa shape index (κ3) is 8.05. The van der Waals surface area contributed by atoms with Crippen LogP contribution in [0.2, 0.25) is 0 Å². The number of hydrogen-bond donors (Lipinski definition) is 2. The van der Waals surface area contributed by atoms with Crippen LogP contribution in [0.5, 0.6) is 0 Å². The Morgan fingerprint density at radius 2 is 1.50 bits per heavy atom. The maximum Gasteiger partial charge on any atom is 0.0143 e. The Labute approximate surface area is 101 Å². The van der Waals surface area contributed by atoms with Gasteiger partial charge in [0.05, 0.1) is 0 Å². The first kappa shape index (κ1) is 15.8. The standard InChI is InChI=1S/C12H30N4/c1-5-8-11-16(7-3)14-10-9-12-15(6-2)13-4/h13-14H,5-12H2,1-4H3. The van der Waals surface area contributed by atoms with Crippen molar-refractivity contribution in [2.45, 2.75) is 40.0 Å². The van der Waals surface area contributed by atoms with Gasteiger partial charge in [0.15, 0.2) is 0 Å². The van der Waals surface area contributed by atoms with Crippen molar-refractivity contribution in [3.63, 3.8) is 0 Å². The molecule has 0 rings (SSSR count). The highest BCUT2D eigenvalue weighted by Gasteiger charge is 2.01. The van der Waals surface area contributed by atoms with Gasteiger partial charge in [-0.2, -0.15) is 0 Å². The Morgan fingerprint density at radius 3 is 2.00 bits per heavy atom. The van der Waals surface area contributed by atoms with Crippen molar-refractivity contribution < 1.29 is 0 Å². The maximum absolute atomic E-state index is 3.49. The fourth-order valence-corrected chi connectivity index (χ4v) is 1.63. The molecule has 0 fully saturated rings. The summed E-state index contributed by atoms with van der Waals surface area (Å²) < 4.78 is 0. The monoisotopic (exact) mass is 230 g/mol. The van der Waals surface area contributed by atoms with Crippen molar-refractivity contribution in [3.05, 3.63) is 0 Å². The molecular formula is C12H30N4. The maximum atomic E-state index is 3.49. The molecule has 0 atom stereocenters. The van der Waals surface area contributed by atoms with E-state index in [1.807, 2.05) is 7.05 Å². The van der Waals surface area contributed by atoms with Crippen LogP contribution in [0, 0.1) is 0 Å². The van der Waals surface area contributed by atoms with E-state index in [1.54, 1.807) is 0 Å². The summed E-state index contributed by atoms with van der Waals surface area (Å²) >= 11 is 0. The molecule has 16 heavy (non-hydrogen) atoms. The van der Waals surface area contributed by atoms with Crippen LogP contribution >= 0.6 is 0 Å². The lowest BCUT2D eigenvalue weighted by molar-refractivity contribution is 0.175. The van der Waals surface area contributed by atoms with E-state index in [4.69, 9.17) is 0 Å². The molecule has 0 saturated carbocycles. The van der Waals surface area contributed by atoms with E-state index in [1.165, 1.54) is 19.3 Å². The van der Waals surface area contributed by atoms with Crippen molar-refractivity contribution >= 4 is 0 Å². The van der Waals surface area contributed by atoms with Crippen LogP contribution in [0.15, 0.2) is 0 Å². The summed E-state index contributed by atoms with van der Waals surface area (Å²) in [4.78, 5) is 0. The summed E-state index contributed by atoms with van der Waals surface area (Å²) in [5.74, 6) is 0. The minimum Gasteiger partial charge on any atom is -0.258 e. The van der Waals surface area contributed by atoms with Gasteiger partial charge in [0, 0.05) is 32.7 Å². The Bertz CT molecular complexity index is 137. The van der Waals surface area contributed by atoms with Crippen molar-refractivity contribution in [1.82, 2.24) is 20.9 Å². The van der Waals surface area contributed by atoms with Gasteiger partial charge < -0.3 is 0 Å². The van der Waals surface area contributed by atoms with Gasteiger partial charge in [-0.1, -0.05) is 27.2 Å². The average Bonchev–Trinajstić information content (AvgIpc) is 2.33. The highest BCUT2D eigenvalue weighted by atomic mass is 15.5. The number of hydrogen-bond acceptors (Lipinski definition) is 4. The van der Waals surface area contributed by atoms with Crippen molar-refractivity contribution in [2.75, 3.05) is 39.8 Å². The van der Waals surface area contributed by atoms with E-state index in [2.05, 4.69) is 41.6 Å². The topological polar surface area (TPSA) is 30.5 Å². The van der Waals surface area contributed by atoms with Crippen LogP contribution in [0.3, 0.4) is 0 Å². The fourth-order valence-electron chi connectivity index (χ4n) is 1.63. The van der Waals surface area contributed by atoms with Gasteiger partial charge in [-0.25, -0.2) is 10.0 Å². The molecule has 2 N–H and O–H groups in total. The van der Waals surface area contributed by atoms with E-state index in [9.17, 15) is 0 Å². The van der Waals surface area contributed by atoms with E-state index in [0.29, 0.717) is 0 Å². The van der Waals surface area contributed by atoms with Gasteiger partial charge in [0.25, 0.3) is 0 Å². The summed E-state index contributed by atoms with van der Waals surface area (Å²) in [7, 11) is 1.98. The largest absolute Gasteiger partial charge is 0.258 e. The van der Waals surface area contributed by atoms with Crippen molar-refractivity contribution in [2.24, 2.45) is 0 Å². The van der Waals surface area contributed by atoms with Crippen LogP contribution in [0.1, 0.15) is 40.0 Å². The smallest absolute Gasteiger partial charge is 0.0143 e. The molecule has 0 aliphatic heterocycles. The first-order valence-electron chi connectivity index (χ1n) is 6.69. The predicted octanol–water partition coefficient (Wildman–Crippen LogP) is 1.46. The van der Waals surface area contributed by atoms with Gasteiger partial charge in [-0.05, 0) is 19.9 Å².